The summed E-state index contributed by atoms with van der Waals surface area (Å²) in [5.74, 6) is 0.932. The molecule has 2 atom stereocenters. The number of nitrogens with zero attached hydrogens (tertiary/aromatic N) is 1. The SMILES string of the molecule is COc1ccc([C@H]2c3ccccc3N(C)C(=O)[C@H]2Sc2ccc(C)cc2)cc1. The molecule has 0 bridgehead atoms. The van der Waals surface area contributed by atoms with Crippen molar-refractivity contribution >= 4 is 23.4 Å². The van der Waals surface area contributed by atoms with Crippen LogP contribution >= 0.6 is 11.8 Å². The van der Waals surface area contributed by atoms with Gasteiger partial charge in [-0.05, 0) is 48.4 Å². The number of thioether (sulfide) groups is 1. The first-order valence-electron chi connectivity index (χ1n) is 9.32. The van der Waals surface area contributed by atoms with Crippen LogP contribution in [0.2, 0.25) is 0 Å². The van der Waals surface area contributed by atoms with E-state index in [1.165, 1.54) is 11.1 Å². The zero-order valence-corrected chi connectivity index (χ0v) is 17.1. The van der Waals surface area contributed by atoms with Gasteiger partial charge in [0, 0.05) is 23.5 Å². The third kappa shape index (κ3) is 3.40. The Morgan fingerprint density at radius 2 is 1.61 bits per heavy atom. The first-order chi connectivity index (χ1) is 13.6. The minimum Gasteiger partial charge on any atom is -0.497 e. The second-order valence-electron chi connectivity index (χ2n) is 7.06. The fraction of sp³-hybridized carbons (Fsp3) is 0.208. The standard InChI is InChI=1S/C24H23NO2S/c1-16-8-14-19(15-9-16)28-23-22(17-10-12-18(27-3)13-11-17)20-6-4-5-7-21(20)25(2)24(23)26/h4-15,22-23H,1-3H3/t22-,23-/m0/s1. The van der Waals surface area contributed by atoms with E-state index in [1.54, 1.807) is 23.8 Å². The van der Waals surface area contributed by atoms with Crippen LogP contribution in [0.4, 0.5) is 5.69 Å². The highest BCUT2D eigenvalue weighted by Crippen LogP contribution is 2.46. The van der Waals surface area contributed by atoms with Crippen LogP contribution in [0.15, 0.2) is 77.7 Å². The summed E-state index contributed by atoms with van der Waals surface area (Å²) in [7, 11) is 3.54. The number of amides is 1. The number of fused-ring (bicyclic) bond motifs is 1. The summed E-state index contributed by atoms with van der Waals surface area (Å²) < 4.78 is 5.32. The van der Waals surface area contributed by atoms with Crippen LogP contribution in [-0.4, -0.2) is 25.3 Å². The Bertz CT molecular complexity index is 982. The molecule has 0 aliphatic carbocycles. The van der Waals surface area contributed by atoms with Crippen molar-refractivity contribution in [3.63, 3.8) is 0 Å². The van der Waals surface area contributed by atoms with Crippen molar-refractivity contribution in [2.75, 3.05) is 19.1 Å². The number of hydrogen-bond acceptors (Lipinski definition) is 3. The van der Waals surface area contributed by atoms with Gasteiger partial charge in [-0.25, -0.2) is 0 Å². The molecule has 0 aromatic heterocycles. The molecule has 0 unspecified atom stereocenters. The van der Waals surface area contributed by atoms with Gasteiger partial charge in [-0.2, -0.15) is 0 Å². The van der Waals surface area contributed by atoms with Crippen molar-refractivity contribution in [3.8, 4) is 5.75 Å². The van der Waals surface area contributed by atoms with Crippen molar-refractivity contribution in [2.45, 2.75) is 23.0 Å². The summed E-state index contributed by atoms with van der Waals surface area (Å²) in [6.45, 7) is 2.07. The third-order valence-electron chi connectivity index (χ3n) is 5.27. The number of para-hydroxylation sites is 1. The quantitative estimate of drug-likeness (QED) is 0.609. The normalized spacial score (nSPS) is 18.7. The second kappa shape index (κ2) is 7.72. The molecule has 1 heterocycles. The van der Waals surface area contributed by atoms with Crippen LogP contribution in [-0.2, 0) is 4.79 Å². The largest absolute Gasteiger partial charge is 0.497 e. The van der Waals surface area contributed by atoms with Gasteiger partial charge < -0.3 is 9.64 Å². The summed E-state index contributed by atoms with van der Waals surface area (Å²) in [5, 5.41) is -0.226. The van der Waals surface area contributed by atoms with Gasteiger partial charge in [0.25, 0.3) is 0 Å². The second-order valence-corrected chi connectivity index (χ2v) is 8.27. The van der Waals surface area contributed by atoms with E-state index in [2.05, 4.69) is 49.4 Å². The number of anilines is 1. The number of benzene rings is 3. The van der Waals surface area contributed by atoms with E-state index in [4.69, 9.17) is 4.74 Å². The molecule has 3 nitrogen and oxygen atoms in total. The molecule has 0 fully saturated rings. The molecule has 0 spiro atoms. The number of ether oxygens (including phenoxy) is 1. The highest BCUT2D eigenvalue weighted by Gasteiger charge is 2.40. The number of hydrogen-bond donors (Lipinski definition) is 0. The predicted molar refractivity (Wildman–Crippen MR) is 116 cm³/mol. The average molecular weight is 390 g/mol. The van der Waals surface area contributed by atoms with Gasteiger partial charge in [-0.3, -0.25) is 4.79 Å². The number of aryl methyl sites for hydroxylation is 1. The van der Waals surface area contributed by atoms with Crippen molar-refractivity contribution in [1.29, 1.82) is 0 Å². The molecule has 142 valence electrons. The molecule has 3 aromatic carbocycles. The first kappa shape index (κ1) is 18.6. The summed E-state index contributed by atoms with van der Waals surface area (Å²) in [5.41, 5.74) is 4.50. The highest BCUT2D eigenvalue weighted by atomic mass is 32.2. The lowest BCUT2D eigenvalue weighted by Crippen LogP contribution is -2.43. The molecular formula is C24H23NO2S. The Balaban J connectivity index is 1.80. The molecule has 4 heteroatoms. The zero-order valence-electron chi connectivity index (χ0n) is 16.3. The molecule has 0 radical (unpaired) electrons. The lowest BCUT2D eigenvalue weighted by Gasteiger charge is -2.37. The lowest BCUT2D eigenvalue weighted by atomic mass is 9.83. The zero-order chi connectivity index (χ0) is 19.7. The minimum atomic E-state index is -0.226. The number of carbonyl (C=O) groups excluding carboxylic acids is 1. The Morgan fingerprint density at radius 3 is 2.29 bits per heavy atom. The van der Waals surface area contributed by atoms with Crippen LogP contribution in [0.25, 0.3) is 0 Å². The highest BCUT2D eigenvalue weighted by molar-refractivity contribution is 8.00. The molecule has 4 rings (SSSR count). The summed E-state index contributed by atoms with van der Waals surface area (Å²) >= 11 is 1.64. The van der Waals surface area contributed by atoms with E-state index in [-0.39, 0.29) is 17.1 Å². The van der Waals surface area contributed by atoms with Crippen molar-refractivity contribution in [2.24, 2.45) is 0 Å². The minimum absolute atomic E-state index is 0.0166. The maximum Gasteiger partial charge on any atom is 0.241 e. The predicted octanol–water partition coefficient (Wildman–Crippen LogP) is 5.27. The van der Waals surface area contributed by atoms with Crippen LogP contribution < -0.4 is 9.64 Å². The first-order valence-corrected chi connectivity index (χ1v) is 10.2. The molecule has 3 aromatic rings. The monoisotopic (exact) mass is 389 g/mol. The average Bonchev–Trinajstić information content (AvgIpc) is 2.74. The third-order valence-corrected chi connectivity index (χ3v) is 6.54. The molecule has 1 amide bonds. The molecule has 0 saturated carbocycles. The fourth-order valence-corrected chi connectivity index (χ4v) is 5.00. The summed E-state index contributed by atoms with van der Waals surface area (Å²) in [6, 6.07) is 24.6. The van der Waals surface area contributed by atoms with Crippen LogP contribution in [0, 0.1) is 6.92 Å². The molecule has 1 aliphatic heterocycles. The Morgan fingerprint density at radius 1 is 0.929 bits per heavy atom. The van der Waals surface area contributed by atoms with Crippen molar-refractivity contribution < 1.29 is 9.53 Å². The van der Waals surface area contributed by atoms with E-state index in [0.29, 0.717) is 0 Å². The molecular weight excluding hydrogens is 366 g/mol. The fourth-order valence-electron chi connectivity index (χ4n) is 3.72. The van der Waals surface area contributed by atoms with Crippen LogP contribution in [0.3, 0.4) is 0 Å². The van der Waals surface area contributed by atoms with Gasteiger partial charge >= 0.3 is 0 Å². The van der Waals surface area contributed by atoms with Gasteiger partial charge in [-0.15, -0.1) is 11.8 Å². The van der Waals surface area contributed by atoms with Gasteiger partial charge in [0.15, 0.2) is 0 Å². The van der Waals surface area contributed by atoms with Crippen LogP contribution in [0.1, 0.15) is 22.6 Å². The number of methoxy groups -OCH3 is 1. The Kier molecular flexibility index (Phi) is 5.14. The molecule has 28 heavy (non-hydrogen) atoms. The van der Waals surface area contributed by atoms with Crippen LogP contribution in [0.5, 0.6) is 5.75 Å². The summed E-state index contributed by atoms with van der Waals surface area (Å²) in [4.78, 5) is 16.2. The molecule has 0 N–H and O–H groups in total. The van der Waals surface area contributed by atoms with Gasteiger partial charge in [-0.1, -0.05) is 48.0 Å². The van der Waals surface area contributed by atoms with E-state index >= 15 is 0 Å². The summed E-state index contributed by atoms with van der Waals surface area (Å²) in [6.07, 6.45) is 0. The van der Waals surface area contributed by atoms with E-state index in [0.717, 1.165) is 21.9 Å². The Labute approximate surface area is 170 Å². The van der Waals surface area contributed by atoms with Crippen molar-refractivity contribution in [1.82, 2.24) is 0 Å². The topological polar surface area (TPSA) is 29.5 Å². The molecule has 1 aliphatic rings. The van der Waals surface area contributed by atoms with Gasteiger partial charge in [0.05, 0.1) is 12.4 Å². The van der Waals surface area contributed by atoms with E-state index in [1.807, 2.05) is 37.4 Å². The van der Waals surface area contributed by atoms with Crippen molar-refractivity contribution in [3.05, 3.63) is 89.5 Å². The van der Waals surface area contributed by atoms with E-state index in [9.17, 15) is 4.79 Å². The number of carbonyl (C=O) groups is 1. The lowest BCUT2D eigenvalue weighted by molar-refractivity contribution is -0.118. The smallest absolute Gasteiger partial charge is 0.241 e. The van der Waals surface area contributed by atoms with E-state index < -0.39 is 0 Å². The number of rotatable bonds is 4. The molecule has 0 saturated heterocycles. The maximum absolute atomic E-state index is 13.3. The van der Waals surface area contributed by atoms with Gasteiger partial charge in [0.2, 0.25) is 5.91 Å². The maximum atomic E-state index is 13.3. The van der Waals surface area contributed by atoms with Gasteiger partial charge in [0.1, 0.15) is 5.75 Å². The Hall–Kier alpha value is -2.72.